The molecule has 2 atom stereocenters. The van der Waals surface area contributed by atoms with E-state index in [4.69, 9.17) is 0 Å². The van der Waals surface area contributed by atoms with Gasteiger partial charge in [-0.2, -0.15) is 0 Å². The van der Waals surface area contributed by atoms with Crippen molar-refractivity contribution in [3.05, 3.63) is 35.4 Å². The van der Waals surface area contributed by atoms with Crippen LogP contribution in [0.25, 0.3) is 0 Å². The van der Waals surface area contributed by atoms with Crippen LogP contribution in [-0.2, 0) is 0 Å². The summed E-state index contributed by atoms with van der Waals surface area (Å²) in [6.45, 7) is 2.30. The molecule has 14 heavy (non-hydrogen) atoms. The Morgan fingerprint density at radius 2 is 1.86 bits per heavy atom. The highest BCUT2D eigenvalue weighted by Gasteiger charge is 2.27. The van der Waals surface area contributed by atoms with E-state index in [1.165, 1.54) is 17.5 Å². The number of hydrogen-bond donors (Lipinski definition) is 1. The SMILES string of the molecule is CC1CC(NN(C)C)c2ccccc21. The van der Waals surface area contributed by atoms with Crippen LogP contribution in [0.5, 0.6) is 0 Å². The van der Waals surface area contributed by atoms with Gasteiger partial charge >= 0.3 is 0 Å². The molecule has 1 aliphatic rings. The Morgan fingerprint density at radius 3 is 2.50 bits per heavy atom. The predicted octanol–water partition coefficient (Wildman–Crippen LogP) is 2.30. The first kappa shape index (κ1) is 9.69. The van der Waals surface area contributed by atoms with Crippen LogP contribution in [0.2, 0.25) is 0 Å². The molecule has 0 amide bonds. The van der Waals surface area contributed by atoms with E-state index in [0.717, 1.165) is 0 Å². The molecule has 2 heteroatoms. The molecule has 1 aromatic carbocycles. The van der Waals surface area contributed by atoms with E-state index in [1.54, 1.807) is 0 Å². The van der Waals surface area contributed by atoms with E-state index in [-0.39, 0.29) is 0 Å². The molecule has 0 saturated heterocycles. The van der Waals surface area contributed by atoms with Crippen molar-refractivity contribution in [2.75, 3.05) is 14.1 Å². The molecule has 0 saturated carbocycles. The second kappa shape index (κ2) is 3.71. The van der Waals surface area contributed by atoms with E-state index in [1.807, 2.05) is 19.1 Å². The number of benzene rings is 1. The minimum Gasteiger partial charge on any atom is -0.250 e. The number of rotatable bonds is 2. The van der Waals surface area contributed by atoms with E-state index in [2.05, 4.69) is 36.6 Å². The van der Waals surface area contributed by atoms with Crippen LogP contribution in [0.3, 0.4) is 0 Å². The van der Waals surface area contributed by atoms with Crippen molar-refractivity contribution in [3.63, 3.8) is 0 Å². The summed E-state index contributed by atoms with van der Waals surface area (Å²) in [5, 5.41) is 2.04. The summed E-state index contributed by atoms with van der Waals surface area (Å²) in [6, 6.07) is 9.24. The molecule has 0 spiro atoms. The Hall–Kier alpha value is -0.860. The van der Waals surface area contributed by atoms with Crippen LogP contribution >= 0.6 is 0 Å². The van der Waals surface area contributed by atoms with Gasteiger partial charge in [0.25, 0.3) is 0 Å². The maximum atomic E-state index is 3.46. The number of hydrazine groups is 1. The summed E-state index contributed by atoms with van der Waals surface area (Å²) in [5.74, 6) is 0.684. The van der Waals surface area contributed by atoms with E-state index in [9.17, 15) is 0 Å². The third kappa shape index (κ3) is 1.68. The number of hydrogen-bond acceptors (Lipinski definition) is 2. The summed E-state index contributed by atoms with van der Waals surface area (Å²) < 4.78 is 0. The maximum absolute atomic E-state index is 3.46. The average molecular weight is 190 g/mol. The zero-order valence-electron chi connectivity index (χ0n) is 9.12. The molecule has 0 aliphatic heterocycles. The summed E-state index contributed by atoms with van der Waals surface area (Å²) in [4.78, 5) is 0. The van der Waals surface area contributed by atoms with Gasteiger partial charge in [-0.15, -0.1) is 0 Å². The van der Waals surface area contributed by atoms with E-state index in [0.29, 0.717) is 12.0 Å². The minimum absolute atomic E-state index is 0.496. The average Bonchev–Trinajstić information content (AvgIpc) is 2.44. The molecule has 1 aliphatic carbocycles. The molecule has 0 aromatic heterocycles. The van der Waals surface area contributed by atoms with Gasteiger partial charge in [0.2, 0.25) is 0 Å². The second-order valence-corrected chi connectivity index (χ2v) is 4.34. The Morgan fingerprint density at radius 1 is 1.21 bits per heavy atom. The van der Waals surface area contributed by atoms with Gasteiger partial charge in [-0.3, -0.25) is 5.01 Å². The molecule has 0 radical (unpaired) electrons. The van der Waals surface area contributed by atoms with E-state index < -0.39 is 0 Å². The van der Waals surface area contributed by atoms with Gasteiger partial charge in [-0.05, 0) is 23.5 Å². The van der Waals surface area contributed by atoms with Crippen LogP contribution in [0, 0.1) is 0 Å². The highest BCUT2D eigenvalue weighted by molar-refractivity contribution is 5.37. The molecule has 1 aromatic rings. The Balaban J connectivity index is 2.25. The molecule has 2 unspecified atom stereocenters. The van der Waals surface area contributed by atoms with Crippen molar-refractivity contribution < 1.29 is 0 Å². The standard InChI is InChI=1S/C12H18N2/c1-9-8-12(13-14(2)3)11-7-5-4-6-10(9)11/h4-7,9,12-13H,8H2,1-3H3. The summed E-state index contributed by atoms with van der Waals surface area (Å²) in [7, 11) is 4.09. The normalized spacial score (nSPS) is 25.4. The van der Waals surface area contributed by atoms with Crippen LogP contribution < -0.4 is 5.43 Å². The fourth-order valence-electron chi connectivity index (χ4n) is 2.32. The Bertz CT molecular complexity index is 318. The Labute approximate surface area is 85.9 Å². The zero-order valence-corrected chi connectivity index (χ0v) is 9.12. The van der Waals surface area contributed by atoms with Crippen LogP contribution in [0.15, 0.2) is 24.3 Å². The highest BCUT2D eigenvalue weighted by Crippen LogP contribution is 2.39. The first-order valence-electron chi connectivity index (χ1n) is 5.21. The minimum atomic E-state index is 0.496. The predicted molar refractivity (Wildman–Crippen MR) is 59.0 cm³/mol. The Kier molecular flexibility index (Phi) is 2.57. The summed E-state index contributed by atoms with van der Waals surface area (Å²) in [5.41, 5.74) is 6.43. The molecule has 2 nitrogen and oxygen atoms in total. The lowest BCUT2D eigenvalue weighted by Gasteiger charge is -2.19. The lowest BCUT2D eigenvalue weighted by molar-refractivity contribution is 0.239. The molecule has 0 heterocycles. The molecular formula is C12H18N2. The molecule has 2 rings (SSSR count). The fourth-order valence-corrected chi connectivity index (χ4v) is 2.32. The second-order valence-electron chi connectivity index (χ2n) is 4.34. The van der Waals surface area contributed by atoms with Gasteiger partial charge in [0, 0.05) is 20.1 Å². The van der Waals surface area contributed by atoms with E-state index >= 15 is 0 Å². The van der Waals surface area contributed by atoms with Gasteiger partial charge < -0.3 is 0 Å². The monoisotopic (exact) mass is 190 g/mol. The number of nitrogens with one attached hydrogen (secondary N) is 1. The lowest BCUT2D eigenvalue weighted by Crippen LogP contribution is -2.33. The number of nitrogens with zero attached hydrogens (tertiary/aromatic N) is 1. The molecule has 0 bridgehead atoms. The van der Waals surface area contributed by atoms with Gasteiger partial charge in [-0.25, -0.2) is 5.43 Å². The third-order valence-corrected chi connectivity index (χ3v) is 2.91. The molecule has 0 fully saturated rings. The summed E-state index contributed by atoms with van der Waals surface area (Å²) >= 11 is 0. The summed E-state index contributed by atoms with van der Waals surface area (Å²) in [6.07, 6.45) is 1.21. The van der Waals surface area contributed by atoms with Crippen molar-refractivity contribution in [2.45, 2.75) is 25.3 Å². The topological polar surface area (TPSA) is 15.3 Å². The smallest absolute Gasteiger partial charge is 0.0473 e. The molecular weight excluding hydrogens is 172 g/mol. The van der Waals surface area contributed by atoms with Crippen molar-refractivity contribution in [1.29, 1.82) is 0 Å². The largest absolute Gasteiger partial charge is 0.250 e. The van der Waals surface area contributed by atoms with Crippen molar-refractivity contribution in [3.8, 4) is 0 Å². The van der Waals surface area contributed by atoms with Crippen molar-refractivity contribution in [2.24, 2.45) is 0 Å². The molecule has 76 valence electrons. The van der Waals surface area contributed by atoms with Gasteiger partial charge in [-0.1, -0.05) is 31.2 Å². The van der Waals surface area contributed by atoms with Gasteiger partial charge in [0.05, 0.1) is 0 Å². The lowest BCUT2D eigenvalue weighted by atomic mass is 10.0. The maximum Gasteiger partial charge on any atom is 0.0473 e. The van der Waals surface area contributed by atoms with Crippen molar-refractivity contribution in [1.82, 2.24) is 10.4 Å². The van der Waals surface area contributed by atoms with Gasteiger partial charge in [0.15, 0.2) is 0 Å². The van der Waals surface area contributed by atoms with Crippen LogP contribution in [-0.4, -0.2) is 19.1 Å². The van der Waals surface area contributed by atoms with Crippen LogP contribution in [0.1, 0.15) is 36.4 Å². The highest BCUT2D eigenvalue weighted by atomic mass is 15.5. The first-order chi connectivity index (χ1) is 6.68. The number of fused-ring (bicyclic) bond motifs is 1. The first-order valence-corrected chi connectivity index (χ1v) is 5.21. The fraction of sp³-hybridized carbons (Fsp3) is 0.500. The third-order valence-electron chi connectivity index (χ3n) is 2.91. The van der Waals surface area contributed by atoms with Gasteiger partial charge in [0.1, 0.15) is 0 Å². The molecule has 1 N–H and O–H groups in total. The quantitative estimate of drug-likeness (QED) is 0.720. The van der Waals surface area contributed by atoms with Crippen LogP contribution in [0.4, 0.5) is 0 Å². The van der Waals surface area contributed by atoms with Crippen molar-refractivity contribution >= 4 is 0 Å². The zero-order chi connectivity index (χ0) is 10.1.